The molecular formula is C11H18N4O2. The molecule has 6 nitrogen and oxygen atoms in total. The second-order valence-corrected chi connectivity index (χ2v) is 4.80. The van der Waals surface area contributed by atoms with E-state index in [0.717, 1.165) is 19.7 Å². The molecule has 2 atom stereocenters. The van der Waals surface area contributed by atoms with Crippen molar-refractivity contribution in [3.05, 3.63) is 12.2 Å². The van der Waals surface area contributed by atoms with Crippen LogP contribution in [-0.4, -0.2) is 56.6 Å². The highest BCUT2D eigenvalue weighted by Gasteiger charge is 2.32. The van der Waals surface area contributed by atoms with E-state index in [9.17, 15) is 0 Å². The average molecular weight is 238 g/mol. The predicted octanol–water partition coefficient (Wildman–Crippen LogP) is -0.366. The lowest BCUT2D eigenvalue weighted by molar-refractivity contribution is -0.0557. The van der Waals surface area contributed by atoms with Crippen LogP contribution >= 0.6 is 0 Å². The fraction of sp³-hybridized carbons (Fsp3) is 0.818. The van der Waals surface area contributed by atoms with Crippen LogP contribution in [0.15, 0.2) is 6.33 Å². The second-order valence-electron chi connectivity index (χ2n) is 4.80. The first kappa shape index (κ1) is 11.1. The molecule has 1 aromatic rings. The van der Waals surface area contributed by atoms with Gasteiger partial charge >= 0.3 is 0 Å². The van der Waals surface area contributed by atoms with Gasteiger partial charge in [-0.15, -0.1) is 10.2 Å². The van der Waals surface area contributed by atoms with Gasteiger partial charge in [-0.3, -0.25) is 4.90 Å². The molecule has 0 amide bonds. The van der Waals surface area contributed by atoms with Crippen molar-refractivity contribution in [2.45, 2.75) is 38.1 Å². The molecule has 2 fully saturated rings. The Morgan fingerprint density at radius 1 is 1.53 bits per heavy atom. The molecule has 0 radical (unpaired) electrons. The molecule has 94 valence electrons. The summed E-state index contributed by atoms with van der Waals surface area (Å²) in [5, 5.41) is 16.8. The molecule has 2 aliphatic rings. The summed E-state index contributed by atoms with van der Waals surface area (Å²) in [5.74, 6) is 0.608. The highest BCUT2D eigenvalue weighted by molar-refractivity contribution is 4.88. The summed E-state index contributed by atoms with van der Waals surface area (Å²) in [6.45, 7) is 3.67. The van der Waals surface area contributed by atoms with Gasteiger partial charge in [0.25, 0.3) is 0 Å². The number of aliphatic hydroxyl groups is 1. The van der Waals surface area contributed by atoms with Crippen molar-refractivity contribution in [3.63, 3.8) is 0 Å². The fourth-order valence-corrected chi connectivity index (χ4v) is 2.77. The molecule has 17 heavy (non-hydrogen) atoms. The Bertz CT molecular complexity index is 381. The Kier molecular flexibility index (Phi) is 3.09. The quantitative estimate of drug-likeness (QED) is 0.778. The molecule has 1 N–H and O–H groups in total. The van der Waals surface area contributed by atoms with Crippen molar-refractivity contribution in [1.29, 1.82) is 0 Å². The van der Waals surface area contributed by atoms with E-state index in [2.05, 4.69) is 15.1 Å². The normalized spacial score (nSPS) is 29.5. The zero-order valence-electron chi connectivity index (χ0n) is 9.83. The third-order valence-electron chi connectivity index (χ3n) is 3.70. The summed E-state index contributed by atoms with van der Waals surface area (Å²) in [6, 6.07) is 0.629. The van der Waals surface area contributed by atoms with Crippen LogP contribution in [0.2, 0.25) is 0 Å². The van der Waals surface area contributed by atoms with Gasteiger partial charge in [0, 0.05) is 12.6 Å². The summed E-state index contributed by atoms with van der Waals surface area (Å²) >= 11 is 0. The molecule has 2 unspecified atom stereocenters. The lowest BCUT2D eigenvalue weighted by atomic mass is 10.2. The van der Waals surface area contributed by atoms with Crippen LogP contribution in [0.5, 0.6) is 0 Å². The minimum absolute atomic E-state index is 0.0704. The third-order valence-corrected chi connectivity index (χ3v) is 3.70. The lowest BCUT2D eigenvalue weighted by Crippen LogP contribution is -2.47. The fourth-order valence-electron chi connectivity index (χ4n) is 2.77. The van der Waals surface area contributed by atoms with Crippen LogP contribution in [0, 0.1) is 0 Å². The minimum atomic E-state index is -0.0704. The topological polar surface area (TPSA) is 63.4 Å². The molecule has 0 saturated carbocycles. The molecule has 0 spiro atoms. The van der Waals surface area contributed by atoms with Gasteiger partial charge in [-0.1, -0.05) is 0 Å². The molecular weight excluding hydrogens is 220 g/mol. The Morgan fingerprint density at radius 2 is 2.47 bits per heavy atom. The molecule has 3 heterocycles. The monoisotopic (exact) mass is 238 g/mol. The smallest absolute Gasteiger partial charge is 0.158 e. The van der Waals surface area contributed by atoms with Crippen LogP contribution < -0.4 is 0 Å². The number of rotatable bonds is 3. The largest absolute Gasteiger partial charge is 0.388 e. The van der Waals surface area contributed by atoms with E-state index in [1.54, 1.807) is 6.33 Å². The van der Waals surface area contributed by atoms with E-state index >= 15 is 0 Å². The molecule has 2 aliphatic heterocycles. The molecule has 6 heteroatoms. The highest BCUT2D eigenvalue weighted by atomic mass is 16.5. The second kappa shape index (κ2) is 4.72. The van der Waals surface area contributed by atoms with Crippen LogP contribution in [0.4, 0.5) is 0 Å². The Balaban J connectivity index is 1.62. The van der Waals surface area contributed by atoms with Gasteiger partial charge in [-0.25, -0.2) is 0 Å². The zero-order valence-corrected chi connectivity index (χ0v) is 9.83. The Morgan fingerprint density at radius 3 is 3.35 bits per heavy atom. The maximum absolute atomic E-state index is 9.11. The molecule has 3 rings (SSSR count). The van der Waals surface area contributed by atoms with Gasteiger partial charge in [0.2, 0.25) is 0 Å². The lowest BCUT2D eigenvalue weighted by Gasteiger charge is -2.35. The average Bonchev–Trinajstić information content (AvgIpc) is 2.96. The minimum Gasteiger partial charge on any atom is -0.388 e. The van der Waals surface area contributed by atoms with Crippen LogP contribution in [0.1, 0.15) is 18.7 Å². The van der Waals surface area contributed by atoms with E-state index in [1.807, 2.05) is 4.57 Å². The number of aromatic nitrogens is 3. The number of aliphatic hydroxyl groups excluding tert-OH is 1. The summed E-state index contributed by atoms with van der Waals surface area (Å²) < 4.78 is 7.74. The van der Waals surface area contributed by atoms with Crippen molar-refractivity contribution < 1.29 is 9.84 Å². The summed E-state index contributed by atoms with van der Waals surface area (Å²) in [6.07, 6.45) is 4.40. The summed E-state index contributed by atoms with van der Waals surface area (Å²) in [5.41, 5.74) is 0. The molecule has 0 aliphatic carbocycles. The number of nitrogens with zero attached hydrogens (tertiary/aromatic N) is 4. The number of ether oxygens (including phenoxy) is 1. The van der Waals surface area contributed by atoms with Crippen molar-refractivity contribution in [1.82, 2.24) is 19.7 Å². The Hall–Kier alpha value is -0.980. The van der Waals surface area contributed by atoms with Crippen molar-refractivity contribution >= 4 is 0 Å². The SMILES string of the molecule is OCc1nncn1CC1CN2CCCC2CO1. The number of fused-ring (bicyclic) bond motifs is 1. The number of hydrogen-bond donors (Lipinski definition) is 1. The molecule has 0 aromatic carbocycles. The first-order chi connectivity index (χ1) is 8.36. The van der Waals surface area contributed by atoms with E-state index in [0.29, 0.717) is 11.9 Å². The summed E-state index contributed by atoms with van der Waals surface area (Å²) in [7, 11) is 0. The van der Waals surface area contributed by atoms with Crippen molar-refractivity contribution in [3.8, 4) is 0 Å². The zero-order chi connectivity index (χ0) is 11.7. The highest BCUT2D eigenvalue weighted by Crippen LogP contribution is 2.23. The molecule has 1 aromatic heterocycles. The first-order valence-corrected chi connectivity index (χ1v) is 6.20. The van der Waals surface area contributed by atoms with Crippen LogP contribution in [-0.2, 0) is 17.9 Å². The number of hydrogen-bond acceptors (Lipinski definition) is 5. The van der Waals surface area contributed by atoms with E-state index in [4.69, 9.17) is 9.84 Å². The predicted molar refractivity (Wildman–Crippen MR) is 60.3 cm³/mol. The van der Waals surface area contributed by atoms with Crippen LogP contribution in [0.25, 0.3) is 0 Å². The standard InChI is InChI=1S/C11H18N4O2/c16-6-11-13-12-8-15(11)5-10-4-14-3-1-2-9(14)7-17-10/h8-10,16H,1-7H2. The van der Waals surface area contributed by atoms with Gasteiger partial charge in [0.15, 0.2) is 5.82 Å². The van der Waals surface area contributed by atoms with Gasteiger partial charge in [0.05, 0.1) is 19.3 Å². The maximum atomic E-state index is 9.11. The van der Waals surface area contributed by atoms with E-state index in [-0.39, 0.29) is 12.7 Å². The van der Waals surface area contributed by atoms with Crippen molar-refractivity contribution in [2.75, 3.05) is 19.7 Å². The maximum Gasteiger partial charge on any atom is 0.158 e. The van der Waals surface area contributed by atoms with E-state index < -0.39 is 0 Å². The Labute approximate surface area is 100 Å². The van der Waals surface area contributed by atoms with Gasteiger partial charge in [0.1, 0.15) is 12.9 Å². The van der Waals surface area contributed by atoms with Crippen LogP contribution in [0.3, 0.4) is 0 Å². The number of morpholine rings is 1. The van der Waals surface area contributed by atoms with Gasteiger partial charge in [-0.05, 0) is 19.4 Å². The summed E-state index contributed by atoms with van der Waals surface area (Å²) in [4.78, 5) is 2.51. The van der Waals surface area contributed by atoms with Gasteiger partial charge < -0.3 is 14.4 Å². The molecule has 2 saturated heterocycles. The first-order valence-electron chi connectivity index (χ1n) is 6.20. The van der Waals surface area contributed by atoms with E-state index in [1.165, 1.54) is 19.4 Å². The third kappa shape index (κ3) is 2.20. The molecule has 0 bridgehead atoms. The van der Waals surface area contributed by atoms with Crippen molar-refractivity contribution in [2.24, 2.45) is 0 Å². The van der Waals surface area contributed by atoms with Gasteiger partial charge in [-0.2, -0.15) is 0 Å².